The van der Waals surface area contributed by atoms with Crippen molar-refractivity contribution in [3.8, 4) is 0 Å². The minimum absolute atomic E-state index is 0.0422. The molecule has 1 aromatic heterocycles. The van der Waals surface area contributed by atoms with E-state index in [0.29, 0.717) is 0 Å². The van der Waals surface area contributed by atoms with Crippen molar-refractivity contribution in [2.75, 3.05) is 0 Å². The molecule has 0 unspecified atom stereocenters. The molecule has 0 spiro atoms. The Morgan fingerprint density at radius 2 is 1.92 bits per heavy atom. The van der Waals surface area contributed by atoms with Crippen molar-refractivity contribution in [1.82, 2.24) is 9.55 Å². The average molecular weight is 178 g/mol. The number of imidazole rings is 1. The summed E-state index contributed by atoms with van der Waals surface area (Å²) >= 11 is 0. The molecule has 0 saturated carbocycles. The number of carbonyl (C=O) groups excluding carboxylic acids is 1. The summed E-state index contributed by atoms with van der Waals surface area (Å²) in [5, 5.41) is 0. The maximum atomic E-state index is 11.3. The van der Waals surface area contributed by atoms with Crippen LogP contribution in [0.5, 0.6) is 0 Å². The van der Waals surface area contributed by atoms with E-state index in [1.54, 1.807) is 23.8 Å². The zero-order valence-electron chi connectivity index (χ0n) is 8.46. The third kappa shape index (κ3) is 1.54. The molecular formula is C10H14N2O. The zero-order valence-corrected chi connectivity index (χ0v) is 8.46. The first-order valence-electron chi connectivity index (χ1n) is 4.47. The fourth-order valence-corrected chi connectivity index (χ4v) is 1.23. The quantitative estimate of drug-likeness (QED) is 0.610. The molecule has 0 radical (unpaired) electrons. The van der Waals surface area contributed by atoms with Crippen molar-refractivity contribution in [2.45, 2.75) is 27.7 Å². The Morgan fingerprint density at radius 3 is 2.46 bits per heavy atom. The number of rotatable bonds is 0. The van der Waals surface area contributed by atoms with Crippen LogP contribution in [0.4, 0.5) is 0 Å². The number of aromatic nitrogens is 2. The highest BCUT2D eigenvalue weighted by Crippen LogP contribution is 2.16. The van der Waals surface area contributed by atoms with Crippen LogP contribution in [0.1, 0.15) is 37.1 Å². The summed E-state index contributed by atoms with van der Waals surface area (Å²) in [6.45, 7) is 7.67. The van der Waals surface area contributed by atoms with Crippen molar-refractivity contribution in [3.05, 3.63) is 23.3 Å². The SMILES string of the molecule is CC.CC1=Cc2nc(C)cn2C1=O. The molecule has 0 aliphatic carbocycles. The lowest BCUT2D eigenvalue weighted by molar-refractivity contribution is 0.0961. The maximum absolute atomic E-state index is 11.3. The number of hydrogen-bond acceptors (Lipinski definition) is 2. The lowest BCUT2D eigenvalue weighted by Crippen LogP contribution is -2.05. The molecule has 2 heterocycles. The summed E-state index contributed by atoms with van der Waals surface area (Å²) in [4.78, 5) is 15.4. The number of hydrogen-bond donors (Lipinski definition) is 0. The van der Waals surface area contributed by atoms with Gasteiger partial charge in [0.05, 0.1) is 5.69 Å². The monoisotopic (exact) mass is 178 g/mol. The van der Waals surface area contributed by atoms with E-state index in [-0.39, 0.29) is 5.91 Å². The predicted molar refractivity (Wildman–Crippen MR) is 52.6 cm³/mol. The first-order valence-corrected chi connectivity index (χ1v) is 4.47. The lowest BCUT2D eigenvalue weighted by atomic mass is 10.3. The summed E-state index contributed by atoms with van der Waals surface area (Å²) < 4.78 is 1.57. The van der Waals surface area contributed by atoms with Crippen molar-refractivity contribution in [2.24, 2.45) is 0 Å². The minimum Gasteiger partial charge on any atom is -0.269 e. The summed E-state index contributed by atoms with van der Waals surface area (Å²) in [7, 11) is 0. The maximum Gasteiger partial charge on any atom is 0.259 e. The smallest absolute Gasteiger partial charge is 0.259 e. The second-order valence-electron chi connectivity index (χ2n) is 2.74. The molecule has 2 rings (SSSR count). The zero-order chi connectivity index (χ0) is 10.0. The van der Waals surface area contributed by atoms with E-state index in [1.807, 2.05) is 20.8 Å². The highest BCUT2D eigenvalue weighted by Gasteiger charge is 2.19. The van der Waals surface area contributed by atoms with Crippen LogP contribution in [0.25, 0.3) is 6.08 Å². The fourth-order valence-electron chi connectivity index (χ4n) is 1.23. The second-order valence-corrected chi connectivity index (χ2v) is 2.74. The molecule has 1 aromatic rings. The van der Waals surface area contributed by atoms with Gasteiger partial charge in [-0.15, -0.1) is 0 Å². The van der Waals surface area contributed by atoms with Gasteiger partial charge >= 0.3 is 0 Å². The van der Waals surface area contributed by atoms with Gasteiger partial charge in [0.25, 0.3) is 5.91 Å². The minimum atomic E-state index is 0.0422. The Kier molecular flexibility index (Phi) is 2.66. The fraction of sp³-hybridized carbons (Fsp3) is 0.400. The lowest BCUT2D eigenvalue weighted by Gasteiger charge is -1.91. The van der Waals surface area contributed by atoms with Gasteiger partial charge < -0.3 is 0 Å². The molecule has 0 fully saturated rings. The summed E-state index contributed by atoms with van der Waals surface area (Å²) in [5.41, 5.74) is 1.64. The third-order valence-corrected chi connectivity index (χ3v) is 1.76. The molecule has 0 atom stereocenters. The van der Waals surface area contributed by atoms with Crippen LogP contribution in [-0.4, -0.2) is 15.5 Å². The van der Waals surface area contributed by atoms with Crippen LogP contribution in [0.3, 0.4) is 0 Å². The number of fused-ring (bicyclic) bond motifs is 1. The molecular weight excluding hydrogens is 164 g/mol. The summed E-state index contributed by atoms with van der Waals surface area (Å²) in [6.07, 6.45) is 3.56. The number of aryl methyl sites for hydroxylation is 1. The number of allylic oxidation sites excluding steroid dienone is 1. The van der Waals surface area contributed by atoms with Crippen molar-refractivity contribution in [3.63, 3.8) is 0 Å². The highest BCUT2D eigenvalue weighted by molar-refractivity contribution is 6.03. The second kappa shape index (κ2) is 3.56. The standard InChI is InChI=1S/C8H8N2O.C2H6/c1-5-3-7-9-6(2)4-10(7)8(5)11;1-2/h3-4H,1-2H3;1-2H3. The van der Waals surface area contributed by atoms with Gasteiger partial charge in [-0.2, -0.15) is 0 Å². The van der Waals surface area contributed by atoms with Gasteiger partial charge in [-0.25, -0.2) is 4.98 Å². The predicted octanol–water partition coefficient (Wildman–Crippen LogP) is 2.27. The normalized spacial score (nSPS) is 13.2. The first kappa shape index (κ1) is 9.71. The van der Waals surface area contributed by atoms with Crippen molar-refractivity contribution >= 4 is 12.0 Å². The van der Waals surface area contributed by atoms with Crippen LogP contribution in [0.15, 0.2) is 11.8 Å². The van der Waals surface area contributed by atoms with E-state index < -0.39 is 0 Å². The van der Waals surface area contributed by atoms with Gasteiger partial charge in [-0.05, 0) is 19.9 Å². The van der Waals surface area contributed by atoms with Gasteiger partial charge in [0.1, 0.15) is 5.82 Å². The van der Waals surface area contributed by atoms with Crippen LogP contribution in [-0.2, 0) is 0 Å². The molecule has 13 heavy (non-hydrogen) atoms. The molecule has 3 heteroatoms. The topological polar surface area (TPSA) is 34.9 Å². The van der Waals surface area contributed by atoms with Crippen LogP contribution >= 0.6 is 0 Å². The highest BCUT2D eigenvalue weighted by atomic mass is 16.2. The van der Waals surface area contributed by atoms with Gasteiger partial charge in [-0.3, -0.25) is 9.36 Å². The van der Waals surface area contributed by atoms with E-state index in [9.17, 15) is 4.79 Å². The van der Waals surface area contributed by atoms with Crippen molar-refractivity contribution < 1.29 is 4.79 Å². The van der Waals surface area contributed by atoms with Crippen LogP contribution in [0, 0.1) is 6.92 Å². The van der Waals surface area contributed by atoms with E-state index >= 15 is 0 Å². The Labute approximate surface area is 78.1 Å². The van der Waals surface area contributed by atoms with E-state index in [2.05, 4.69) is 4.98 Å². The molecule has 1 aliphatic rings. The first-order chi connectivity index (χ1) is 6.18. The van der Waals surface area contributed by atoms with Gasteiger partial charge in [0.15, 0.2) is 0 Å². The average Bonchev–Trinajstić information content (AvgIpc) is 2.58. The molecule has 0 saturated heterocycles. The Bertz CT molecular complexity index is 361. The molecule has 0 amide bonds. The van der Waals surface area contributed by atoms with Gasteiger partial charge in [-0.1, -0.05) is 13.8 Å². The van der Waals surface area contributed by atoms with E-state index in [4.69, 9.17) is 0 Å². The molecule has 0 aromatic carbocycles. The van der Waals surface area contributed by atoms with Crippen LogP contribution in [0.2, 0.25) is 0 Å². The number of nitrogens with zero attached hydrogens (tertiary/aromatic N) is 2. The Morgan fingerprint density at radius 1 is 1.31 bits per heavy atom. The van der Waals surface area contributed by atoms with E-state index in [1.165, 1.54) is 0 Å². The number of carbonyl (C=O) groups is 1. The van der Waals surface area contributed by atoms with Crippen LogP contribution < -0.4 is 0 Å². The van der Waals surface area contributed by atoms with Crippen molar-refractivity contribution in [1.29, 1.82) is 0 Å². The summed E-state index contributed by atoms with van der Waals surface area (Å²) in [6, 6.07) is 0. The summed E-state index contributed by atoms with van der Waals surface area (Å²) in [5.74, 6) is 0.797. The molecule has 3 nitrogen and oxygen atoms in total. The van der Waals surface area contributed by atoms with Gasteiger partial charge in [0, 0.05) is 11.8 Å². The Balaban J connectivity index is 0.000000396. The Hall–Kier alpha value is -1.38. The molecule has 0 N–H and O–H groups in total. The largest absolute Gasteiger partial charge is 0.269 e. The van der Waals surface area contributed by atoms with Gasteiger partial charge in [0.2, 0.25) is 0 Å². The molecule has 0 bridgehead atoms. The molecule has 1 aliphatic heterocycles. The molecule has 70 valence electrons. The van der Waals surface area contributed by atoms with E-state index in [0.717, 1.165) is 17.1 Å². The third-order valence-electron chi connectivity index (χ3n) is 1.76.